The van der Waals surface area contributed by atoms with Gasteiger partial charge in [0.15, 0.2) is 0 Å². The predicted molar refractivity (Wildman–Crippen MR) is 233 cm³/mol. The summed E-state index contributed by atoms with van der Waals surface area (Å²) in [5.41, 5.74) is 0. The van der Waals surface area contributed by atoms with Crippen molar-refractivity contribution >= 4 is 13.7 Å². The second-order valence-electron chi connectivity index (χ2n) is 15.3. The predicted octanol–water partition coefficient (Wildman–Crippen LogP) is 11.2. The lowest BCUT2D eigenvalue weighted by atomic mass is 10.0. The number of carbonyl (C=O) groups excluding carboxylic acids is 1. The third-order valence-corrected chi connectivity index (χ3v) is 9.86. The molecule has 0 aliphatic carbocycles. The first kappa shape index (κ1) is 52.7. The minimum Gasteiger partial charge on any atom is -0.756 e. The molecule has 8 nitrogen and oxygen atoms in total. The van der Waals surface area contributed by atoms with Gasteiger partial charge in [-0.05, 0) is 64.2 Å². The Balaban J connectivity index is 4.46. The fourth-order valence-corrected chi connectivity index (χ4v) is 6.22. The van der Waals surface area contributed by atoms with Crippen molar-refractivity contribution in [2.75, 3.05) is 40.9 Å². The van der Waals surface area contributed by atoms with Crippen LogP contribution in [-0.4, -0.2) is 68.5 Å². The number of likely N-dealkylation sites (N-methyl/N-ethyl adjacent to an activating group) is 1. The molecule has 0 saturated carbocycles. The zero-order valence-electron chi connectivity index (χ0n) is 35.6. The van der Waals surface area contributed by atoms with E-state index in [9.17, 15) is 19.4 Å². The number of carbonyl (C=O) groups is 1. The molecule has 0 aliphatic rings. The summed E-state index contributed by atoms with van der Waals surface area (Å²) in [6.07, 6.45) is 50.3. The number of amides is 1. The highest BCUT2D eigenvalue weighted by molar-refractivity contribution is 7.45. The van der Waals surface area contributed by atoms with Gasteiger partial charge in [-0.3, -0.25) is 9.36 Å². The van der Waals surface area contributed by atoms with Gasteiger partial charge in [-0.1, -0.05) is 163 Å². The molecular weight excluding hydrogens is 707 g/mol. The van der Waals surface area contributed by atoms with Gasteiger partial charge in [-0.2, -0.15) is 0 Å². The number of nitrogens with zero attached hydrogens (tertiary/aromatic N) is 1. The van der Waals surface area contributed by atoms with Gasteiger partial charge in [-0.25, -0.2) is 0 Å². The van der Waals surface area contributed by atoms with Crippen molar-refractivity contribution in [2.45, 2.75) is 161 Å². The molecule has 3 unspecified atom stereocenters. The van der Waals surface area contributed by atoms with Gasteiger partial charge in [0.25, 0.3) is 7.82 Å². The summed E-state index contributed by atoms with van der Waals surface area (Å²) in [6, 6.07) is -0.834. The molecule has 0 aromatic rings. The number of unbranched alkanes of at least 4 members (excludes halogenated alkanes) is 10. The summed E-state index contributed by atoms with van der Waals surface area (Å²) in [7, 11) is 1.25. The Morgan fingerprint density at radius 3 is 1.55 bits per heavy atom. The van der Waals surface area contributed by atoms with E-state index in [-0.39, 0.29) is 25.5 Å². The Labute approximate surface area is 337 Å². The van der Waals surface area contributed by atoms with Gasteiger partial charge in [0, 0.05) is 6.42 Å². The normalized spacial score (nSPS) is 15.3. The summed E-state index contributed by atoms with van der Waals surface area (Å²) in [5.74, 6) is -0.229. The van der Waals surface area contributed by atoms with Gasteiger partial charge in [-0.15, -0.1) is 0 Å². The Bertz CT molecular complexity index is 1170. The summed E-state index contributed by atoms with van der Waals surface area (Å²) >= 11 is 0. The smallest absolute Gasteiger partial charge is 0.268 e. The zero-order valence-corrected chi connectivity index (χ0v) is 36.5. The third kappa shape index (κ3) is 39.7. The molecule has 0 fully saturated rings. The highest BCUT2D eigenvalue weighted by Gasteiger charge is 2.24. The van der Waals surface area contributed by atoms with Crippen molar-refractivity contribution in [1.29, 1.82) is 0 Å². The Morgan fingerprint density at radius 1 is 0.655 bits per heavy atom. The van der Waals surface area contributed by atoms with Gasteiger partial charge in [0.2, 0.25) is 5.91 Å². The standard InChI is InChI=1S/C46H81N2O6P/c1-6-8-10-12-14-16-18-19-20-21-22-23-24-25-26-27-28-29-30-32-34-36-38-40-46(50)47-44(43-54-55(51,52)53-42-41-48(3,4)5)45(49)39-37-35-33-31-17-15-13-11-9-7-2/h8,10,14,16,19-20,22-23,25-26,28-29,32,34,44-45,49H,6-7,9,11-13,15,17-18,21,24,27,30-31,33,35-43H2,1-5H3,(H-,47,50,51,52)/b10-8-,16-14-,20-19-,23-22-,26-25-,29-28-,34-32-. The molecule has 55 heavy (non-hydrogen) atoms. The average molecular weight is 789 g/mol. The van der Waals surface area contributed by atoms with Gasteiger partial charge < -0.3 is 28.8 Å². The number of nitrogens with one attached hydrogen (secondary N) is 1. The largest absolute Gasteiger partial charge is 0.756 e. The van der Waals surface area contributed by atoms with Crippen LogP contribution < -0.4 is 10.2 Å². The number of rotatable bonds is 37. The van der Waals surface area contributed by atoms with Crippen LogP contribution in [0.15, 0.2) is 85.1 Å². The van der Waals surface area contributed by atoms with E-state index in [0.29, 0.717) is 23.9 Å². The van der Waals surface area contributed by atoms with E-state index in [1.807, 2.05) is 21.1 Å². The molecule has 0 heterocycles. The van der Waals surface area contributed by atoms with Gasteiger partial charge >= 0.3 is 0 Å². The lowest BCUT2D eigenvalue weighted by molar-refractivity contribution is -0.870. The van der Waals surface area contributed by atoms with E-state index in [1.54, 1.807) is 0 Å². The maximum atomic E-state index is 12.8. The molecule has 1 amide bonds. The molecule has 2 N–H and O–H groups in total. The number of aliphatic hydroxyl groups excluding tert-OH is 1. The number of allylic oxidation sites excluding steroid dienone is 14. The van der Waals surface area contributed by atoms with Crippen LogP contribution in [0.25, 0.3) is 0 Å². The number of hydrogen-bond acceptors (Lipinski definition) is 6. The first-order valence-corrected chi connectivity index (χ1v) is 22.9. The number of hydrogen-bond donors (Lipinski definition) is 2. The molecule has 0 rings (SSSR count). The summed E-state index contributed by atoms with van der Waals surface area (Å²) in [6.45, 7) is 4.51. The first-order chi connectivity index (χ1) is 26.5. The molecule has 9 heteroatoms. The molecule has 0 aromatic carbocycles. The van der Waals surface area contributed by atoms with E-state index in [1.165, 1.54) is 44.9 Å². The van der Waals surface area contributed by atoms with Crippen molar-refractivity contribution < 1.29 is 32.9 Å². The van der Waals surface area contributed by atoms with E-state index < -0.39 is 20.0 Å². The van der Waals surface area contributed by atoms with Crippen LogP contribution in [0.3, 0.4) is 0 Å². The second kappa shape index (κ2) is 37.3. The van der Waals surface area contributed by atoms with E-state index in [4.69, 9.17) is 9.05 Å². The quantitative estimate of drug-likeness (QED) is 0.0281. The lowest BCUT2D eigenvalue weighted by Gasteiger charge is -2.30. The second-order valence-corrected chi connectivity index (χ2v) is 16.7. The summed E-state index contributed by atoms with van der Waals surface area (Å²) < 4.78 is 23.1. The molecular formula is C46H81N2O6P. The highest BCUT2D eigenvalue weighted by Crippen LogP contribution is 2.38. The van der Waals surface area contributed by atoms with Crippen LogP contribution in [0.4, 0.5) is 0 Å². The number of phosphoric ester groups is 1. The number of phosphoric acid groups is 1. The maximum absolute atomic E-state index is 12.8. The fourth-order valence-electron chi connectivity index (χ4n) is 5.50. The molecule has 3 atom stereocenters. The number of aliphatic hydroxyl groups is 1. The first-order valence-electron chi connectivity index (χ1n) is 21.4. The monoisotopic (exact) mass is 789 g/mol. The molecule has 0 radical (unpaired) electrons. The number of quaternary nitrogens is 1. The van der Waals surface area contributed by atoms with E-state index in [2.05, 4.69) is 104 Å². The Kier molecular flexibility index (Phi) is 35.7. The Morgan fingerprint density at radius 2 is 1.09 bits per heavy atom. The topological polar surface area (TPSA) is 108 Å². The molecule has 0 spiro atoms. The van der Waals surface area contributed by atoms with Crippen LogP contribution in [0.1, 0.15) is 149 Å². The SMILES string of the molecule is CC/C=C\C/C=C\C/C=C\C/C=C\C/C=C\C/C=C\C/C=C\CCCC(=O)NC(COP(=O)([O-])OCC[N+](C)(C)C)C(O)CCCCCCCCCCCC. The van der Waals surface area contributed by atoms with Crippen molar-refractivity contribution in [3.05, 3.63) is 85.1 Å². The minimum absolute atomic E-state index is 0.00390. The average Bonchev–Trinajstić information content (AvgIpc) is 3.13. The summed E-state index contributed by atoms with van der Waals surface area (Å²) in [5, 5.41) is 13.8. The van der Waals surface area contributed by atoms with Gasteiger partial charge in [0.1, 0.15) is 13.2 Å². The third-order valence-electron chi connectivity index (χ3n) is 8.90. The summed E-state index contributed by atoms with van der Waals surface area (Å²) in [4.78, 5) is 25.2. The molecule has 316 valence electrons. The molecule has 0 aromatic heterocycles. The Hall–Kier alpha value is -2.32. The molecule has 0 aliphatic heterocycles. The fraction of sp³-hybridized carbons (Fsp3) is 0.674. The van der Waals surface area contributed by atoms with Crippen molar-refractivity contribution in [3.8, 4) is 0 Å². The van der Waals surface area contributed by atoms with Crippen molar-refractivity contribution in [2.24, 2.45) is 0 Å². The minimum atomic E-state index is -4.58. The lowest BCUT2D eigenvalue weighted by Crippen LogP contribution is -2.46. The van der Waals surface area contributed by atoms with Crippen molar-refractivity contribution in [1.82, 2.24) is 5.32 Å². The highest BCUT2D eigenvalue weighted by atomic mass is 31.2. The van der Waals surface area contributed by atoms with E-state index in [0.717, 1.165) is 70.6 Å². The van der Waals surface area contributed by atoms with Crippen LogP contribution in [0, 0.1) is 0 Å². The van der Waals surface area contributed by atoms with Crippen LogP contribution in [0.2, 0.25) is 0 Å². The van der Waals surface area contributed by atoms with Crippen LogP contribution in [0.5, 0.6) is 0 Å². The van der Waals surface area contributed by atoms with E-state index >= 15 is 0 Å². The van der Waals surface area contributed by atoms with Crippen LogP contribution >= 0.6 is 7.82 Å². The molecule has 0 bridgehead atoms. The maximum Gasteiger partial charge on any atom is 0.268 e. The van der Waals surface area contributed by atoms with Crippen LogP contribution in [-0.2, 0) is 18.4 Å². The van der Waals surface area contributed by atoms with Gasteiger partial charge in [0.05, 0.1) is 39.9 Å². The zero-order chi connectivity index (χ0) is 40.7. The van der Waals surface area contributed by atoms with Crippen molar-refractivity contribution in [3.63, 3.8) is 0 Å². The molecule has 0 saturated heterocycles.